The Labute approximate surface area is 178 Å². The van der Waals surface area contributed by atoms with Gasteiger partial charge in [-0.1, -0.05) is 30.4 Å². The van der Waals surface area contributed by atoms with E-state index < -0.39 is 0 Å². The molecule has 0 saturated heterocycles. The summed E-state index contributed by atoms with van der Waals surface area (Å²) in [6, 6.07) is 8.93. The Hall–Kier alpha value is -1.50. The molecule has 0 N–H and O–H groups in total. The van der Waals surface area contributed by atoms with E-state index in [1.54, 1.807) is 0 Å². The Morgan fingerprint density at radius 3 is 2.14 bits per heavy atom. The number of ether oxygens (including phenoxy) is 1. The van der Waals surface area contributed by atoms with Crippen LogP contribution in [0.5, 0.6) is 5.75 Å². The molecule has 1 aromatic carbocycles. The first-order valence-electron chi connectivity index (χ1n) is 12.2. The summed E-state index contributed by atoms with van der Waals surface area (Å²) in [4.78, 5) is 0. The summed E-state index contributed by atoms with van der Waals surface area (Å²) in [5.74, 6) is 6.60. The lowest BCUT2D eigenvalue weighted by Crippen LogP contribution is -2.34. The number of rotatable bonds is 6. The van der Waals surface area contributed by atoms with E-state index in [2.05, 4.69) is 36.9 Å². The molecule has 0 heterocycles. The lowest BCUT2D eigenvalue weighted by Gasteiger charge is -2.45. The average molecular weight is 393 g/mol. The average Bonchev–Trinajstić information content (AvgIpc) is 2.79. The van der Waals surface area contributed by atoms with Crippen molar-refractivity contribution >= 4 is 0 Å². The molecule has 29 heavy (non-hydrogen) atoms. The molecule has 0 spiro atoms. The van der Waals surface area contributed by atoms with Gasteiger partial charge in [0, 0.05) is 0 Å². The van der Waals surface area contributed by atoms with Crippen molar-refractivity contribution in [3.63, 3.8) is 0 Å². The van der Waals surface area contributed by atoms with Gasteiger partial charge in [-0.2, -0.15) is 0 Å². The molecular formula is C28H40O. The van der Waals surface area contributed by atoms with Crippen LogP contribution < -0.4 is 4.74 Å². The highest BCUT2D eigenvalue weighted by Crippen LogP contribution is 2.50. The molecule has 0 bridgehead atoms. The molecule has 1 aromatic rings. The summed E-state index contributed by atoms with van der Waals surface area (Å²) in [5.41, 5.74) is 1.52. The van der Waals surface area contributed by atoms with E-state index in [-0.39, 0.29) is 0 Å². The maximum absolute atomic E-state index is 5.75. The smallest absolute Gasteiger partial charge is 0.119 e. The van der Waals surface area contributed by atoms with Gasteiger partial charge in [-0.15, -0.1) is 6.58 Å². The second kappa shape index (κ2) is 10.0. The van der Waals surface area contributed by atoms with Gasteiger partial charge in [0.2, 0.25) is 0 Å². The summed E-state index contributed by atoms with van der Waals surface area (Å²) >= 11 is 0. The zero-order valence-corrected chi connectivity index (χ0v) is 18.4. The summed E-state index contributed by atoms with van der Waals surface area (Å²) in [5, 5.41) is 0. The maximum atomic E-state index is 5.75. The Kier molecular flexibility index (Phi) is 7.16. The Morgan fingerprint density at radius 2 is 1.45 bits per heavy atom. The molecule has 4 unspecified atom stereocenters. The third kappa shape index (κ3) is 5.16. The minimum absolute atomic E-state index is 0.665. The Bertz CT molecular complexity index is 664. The van der Waals surface area contributed by atoms with Crippen LogP contribution in [0.15, 0.2) is 49.1 Å². The van der Waals surface area contributed by atoms with Gasteiger partial charge in [0.15, 0.2) is 0 Å². The van der Waals surface area contributed by atoms with Gasteiger partial charge < -0.3 is 4.74 Å². The molecule has 4 rings (SSSR count). The number of hydrogen-bond acceptors (Lipinski definition) is 1. The Morgan fingerprint density at radius 1 is 0.828 bits per heavy atom. The SMILES string of the molecule is C=CC1CCC2CC(C3CCC(c4ccc(OC/C=C/C)cc4)CC3)CCC2C1. The lowest BCUT2D eigenvalue weighted by atomic mass is 9.61. The van der Waals surface area contributed by atoms with Crippen molar-refractivity contribution < 1.29 is 4.74 Å². The third-order valence-corrected chi connectivity index (χ3v) is 8.40. The van der Waals surface area contributed by atoms with E-state index in [9.17, 15) is 0 Å². The summed E-state index contributed by atoms with van der Waals surface area (Å²) in [6.07, 6.45) is 20.8. The van der Waals surface area contributed by atoms with Gasteiger partial charge in [-0.3, -0.25) is 0 Å². The quantitative estimate of drug-likeness (QED) is 0.446. The normalized spacial score (nSPS) is 35.2. The first-order valence-corrected chi connectivity index (χ1v) is 12.2. The fraction of sp³-hybridized carbons (Fsp3) is 0.643. The van der Waals surface area contributed by atoms with E-state index in [0.29, 0.717) is 6.61 Å². The van der Waals surface area contributed by atoms with Crippen molar-refractivity contribution in [1.29, 1.82) is 0 Å². The number of benzene rings is 1. The van der Waals surface area contributed by atoms with Gasteiger partial charge in [0.05, 0.1) is 0 Å². The summed E-state index contributed by atoms with van der Waals surface area (Å²) < 4.78 is 5.75. The molecule has 3 aliphatic carbocycles. The second-order valence-electron chi connectivity index (χ2n) is 9.96. The minimum Gasteiger partial charge on any atom is -0.490 e. The molecule has 158 valence electrons. The first kappa shape index (κ1) is 20.8. The molecule has 0 amide bonds. The van der Waals surface area contributed by atoms with Crippen LogP contribution in [0.3, 0.4) is 0 Å². The van der Waals surface area contributed by atoms with Crippen molar-refractivity contribution in [1.82, 2.24) is 0 Å². The molecule has 3 fully saturated rings. The van der Waals surface area contributed by atoms with E-state index >= 15 is 0 Å². The van der Waals surface area contributed by atoms with E-state index in [1.807, 2.05) is 19.1 Å². The predicted molar refractivity (Wildman–Crippen MR) is 123 cm³/mol. The van der Waals surface area contributed by atoms with E-state index in [0.717, 1.165) is 41.3 Å². The fourth-order valence-corrected chi connectivity index (χ4v) is 6.60. The van der Waals surface area contributed by atoms with Crippen molar-refractivity contribution in [3.05, 3.63) is 54.6 Å². The zero-order chi connectivity index (χ0) is 20.1. The summed E-state index contributed by atoms with van der Waals surface area (Å²) in [6.45, 7) is 6.75. The molecule has 0 aliphatic heterocycles. The molecule has 3 saturated carbocycles. The van der Waals surface area contributed by atoms with Crippen LogP contribution in [-0.4, -0.2) is 6.61 Å². The van der Waals surface area contributed by atoms with Crippen LogP contribution >= 0.6 is 0 Å². The molecule has 4 atom stereocenters. The number of fused-ring (bicyclic) bond motifs is 1. The van der Waals surface area contributed by atoms with E-state index in [1.165, 1.54) is 69.8 Å². The minimum atomic E-state index is 0.665. The van der Waals surface area contributed by atoms with Crippen molar-refractivity contribution in [2.24, 2.45) is 29.6 Å². The predicted octanol–water partition coefficient (Wildman–Crippen LogP) is 7.93. The van der Waals surface area contributed by atoms with Crippen LogP contribution in [0.4, 0.5) is 0 Å². The standard InChI is InChI=1S/C28H40O/c1-3-5-18-29-28-16-14-23(15-17-28)22-8-10-24(11-9-22)26-13-12-25-19-21(4-2)6-7-27(25)20-26/h3-5,14-17,21-22,24-27H,2,6-13,18-20H2,1H3/b5-3+. The molecular weight excluding hydrogens is 352 g/mol. The molecule has 3 aliphatic rings. The van der Waals surface area contributed by atoms with Gasteiger partial charge in [0.25, 0.3) is 0 Å². The van der Waals surface area contributed by atoms with Crippen molar-refractivity contribution in [2.75, 3.05) is 6.61 Å². The zero-order valence-electron chi connectivity index (χ0n) is 18.4. The van der Waals surface area contributed by atoms with Crippen LogP contribution in [0.2, 0.25) is 0 Å². The van der Waals surface area contributed by atoms with Gasteiger partial charge in [-0.05, 0) is 124 Å². The molecule has 0 aromatic heterocycles. The van der Waals surface area contributed by atoms with Crippen LogP contribution in [0, 0.1) is 29.6 Å². The van der Waals surface area contributed by atoms with Crippen molar-refractivity contribution in [3.8, 4) is 5.75 Å². The van der Waals surface area contributed by atoms with Gasteiger partial charge in [-0.25, -0.2) is 0 Å². The van der Waals surface area contributed by atoms with Gasteiger partial charge in [0.1, 0.15) is 12.4 Å². The first-order chi connectivity index (χ1) is 14.3. The fourth-order valence-electron chi connectivity index (χ4n) is 6.60. The topological polar surface area (TPSA) is 9.23 Å². The monoisotopic (exact) mass is 392 g/mol. The van der Waals surface area contributed by atoms with Gasteiger partial charge >= 0.3 is 0 Å². The highest BCUT2D eigenvalue weighted by molar-refractivity contribution is 5.30. The number of allylic oxidation sites excluding steroid dienone is 2. The third-order valence-electron chi connectivity index (χ3n) is 8.40. The molecule has 1 heteroatoms. The highest BCUT2D eigenvalue weighted by atomic mass is 16.5. The Balaban J connectivity index is 1.25. The molecule has 0 radical (unpaired) electrons. The van der Waals surface area contributed by atoms with Crippen molar-refractivity contribution in [2.45, 2.75) is 77.0 Å². The van der Waals surface area contributed by atoms with E-state index in [4.69, 9.17) is 4.74 Å². The molecule has 1 nitrogen and oxygen atoms in total. The number of hydrogen-bond donors (Lipinski definition) is 0. The maximum Gasteiger partial charge on any atom is 0.119 e. The lowest BCUT2D eigenvalue weighted by molar-refractivity contribution is 0.0719. The highest BCUT2D eigenvalue weighted by Gasteiger charge is 2.38. The second-order valence-corrected chi connectivity index (χ2v) is 9.96. The van der Waals surface area contributed by atoms with Crippen LogP contribution in [0.1, 0.15) is 82.6 Å². The summed E-state index contributed by atoms with van der Waals surface area (Å²) in [7, 11) is 0. The largest absolute Gasteiger partial charge is 0.490 e. The van der Waals surface area contributed by atoms with Crippen LogP contribution in [0.25, 0.3) is 0 Å². The van der Waals surface area contributed by atoms with Crippen LogP contribution in [-0.2, 0) is 0 Å².